The number of carbonyl (C=O) groups is 1. The maximum Gasteiger partial charge on any atom is 0.387 e. The molecule has 0 unspecified atom stereocenters. The van der Waals surface area contributed by atoms with Gasteiger partial charge in [0, 0.05) is 17.2 Å². The molecule has 0 aliphatic heterocycles. The Balaban J connectivity index is 2.22. The minimum absolute atomic E-state index is 0.0212. The number of ether oxygens (including phenoxy) is 5. The van der Waals surface area contributed by atoms with Crippen LogP contribution in [0.2, 0.25) is 0 Å². The second-order valence-electron chi connectivity index (χ2n) is 5.57. The molecule has 0 saturated carbocycles. The lowest BCUT2D eigenvalue weighted by Gasteiger charge is -2.13. The first-order chi connectivity index (χ1) is 14.8. The molecule has 0 aromatic heterocycles. The van der Waals surface area contributed by atoms with Gasteiger partial charge in [0.1, 0.15) is 11.5 Å². The van der Waals surface area contributed by atoms with Crippen molar-refractivity contribution in [1.29, 1.82) is 0 Å². The van der Waals surface area contributed by atoms with E-state index in [4.69, 9.17) is 14.2 Å². The monoisotopic (exact) mass is 446 g/mol. The van der Waals surface area contributed by atoms with Gasteiger partial charge < -0.3 is 23.7 Å². The molecular weight excluding hydrogens is 428 g/mol. The topological polar surface area (TPSA) is 87.6 Å². The van der Waals surface area contributed by atoms with Gasteiger partial charge in [-0.1, -0.05) is 0 Å². The smallest absolute Gasteiger partial charge is 0.387 e. The Morgan fingerprint density at radius 2 is 1.52 bits per heavy atom. The normalized spacial score (nSPS) is 11.0. The summed E-state index contributed by atoms with van der Waals surface area (Å²) in [6.07, 6.45) is 1.000. The molecule has 0 spiro atoms. The van der Waals surface area contributed by atoms with Crippen LogP contribution in [0.4, 0.5) is 17.6 Å². The molecule has 0 fully saturated rings. The Kier molecular flexibility index (Phi) is 8.29. The van der Waals surface area contributed by atoms with E-state index < -0.39 is 24.9 Å². The number of nitrogens with zero attached hydrogens (tertiary/aromatic N) is 1. The van der Waals surface area contributed by atoms with Gasteiger partial charge in [-0.3, -0.25) is 4.79 Å². The first kappa shape index (κ1) is 23.6. The molecule has 2 aromatic rings. The van der Waals surface area contributed by atoms with E-state index in [1.807, 2.05) is 0 Å². The maximum atomic E-state index is 12.6. The first-order valence-corrected chi connectivity index (χ1v) is 8.46. The van der Waals surface area contributed by atoms with Crippen molar-refractivity contribution in [2.24, 2.45) is 5.10 Å². The average Bonchev–Trinajstić information content (AvgIpc) is 2.73. The van der Waals surface area contributed by atoms with Crippen molar-refractivity contribution in [1.82, 2.24) is 5.43 Å². The number of carbonyl (C=O) groups excluding carboxylic acids is 1. The second-order valence-corrected chi connectivity index (χ2v) is 5.57. The standard InChI is InChI=1S/C19H18F4N2O6/c1-27-14-6-11(7-15(28-2)16(14)29-3)17(26)25-24-9-10-4-5-12(30-18(20)21)8-13(10)31-19(22)23/h4-9,18-19H,1-3H3,(H,25,26)/b24-9+. The lowest BCUT2D eigenvalue weighted by Crippen LogP contribution is -2.18. The molecule has 8 nitrogen and oxygen atoms in total. The van der Waals surface area contributed by atoms with Crippen molar-refractivity contribution in [3.63, 3.8) is 0 Å². The molecular formula is C19H18F4N2O6. The van der Waals surface area contributed by atoms with Gasteiger partial charge in [-0.05, 0) is 24.3 Å². The Bertz CT molecular complexity index is 915. The Hall–Kier alpha value is -3.70. The largest absolute Gasteiger partial charge is 0.493 e. The highest BCUT2D eigenvalue weighted by molar-refractivity contribution is 5.96. The number of amides is 1. The van der Waals surface area contributed by atoms with Crippen LogP contribution < -0.4 is 29.1 Å². The number of methoxy groups -OCH3 is 3. The van der Waals surface area contributed by atoms with Crippen LogP contribution in [0.3, 0.4) is 0 Å². The van der Waals surface area contributed by atoms with E-state index in [0.29, 0.717) is 0 Å². The predicted molar refractivity (Wildman–Crippen MR) is 101 cm³/mol. The summed E-state index contributed by atoms with van der Waals surface area (Å²) in [6, 6.07) is 5.88. The fourth-order valence-electron chi connectivity index (χ4n) is 2.43. The number of nitrogens with one attached hydrogen (secondary N) is 1. The van der Waals surface area contributed by atoms with Crippen LogP contribution in [0.25, 0.3) is 0 Å². The summed E-state index contributed by atoms with van der Waals surface area (Å²) in [5.74, 6) is -0.783. The summed E-state index contributed by atoms with van der Waals surface area (Å²) >= 11 is 0. The third kappa shape index (κ3) is 6.39. The molecule has 168 valence electrons. The number of hydrogen-bond donors (Lipinski definition) is 1. The van der Waals surface area contributed by atoms with Gasteiger partial charge in [0.05, 0.1) is 27.5 Å². The van der Waals surface area contributed by atoms with Crippen molar-refractivity contribution in [2.75, 3.05) is 21.3 Å². The van der Waals surface area contributed by atoms with E-state index in [-0.39, 0.29) is 34.1 Å². The third-order valence-electron chi connectivity index (χ3n) is 3.72. The minimum Gasteiger partial charge on any atom is -0.493 e. The van der Waals surface area contributed by atoms with Crippen LogP contribution in [-0.4, -0.2) is 46.7 Å². The van der Waals surface area contributed by atoms with Crippen LogP contribution in [0, 0.1) is 0 Å². The van der Waals surface area contributed by atoms with E-state index >= 15 is 0 Å². The number of hydrazone groups is 1. The van der Waals surface area contributed by atoms with E-state index in [9.17, 15) is 22.4 Å². The summed E-state index contributed by atoms with van der Waals surface area (Å²) < 4.78 is 73.8. The maximum absolute atomic E-state index is 12.6. The molecule has 31 heavy (non-hydrogen) atoms. The molecule has 2 aromatic carbocycles. The van der Waals surface area contributed by atoms with Gasteiger partial charge >= 0.3 is 13.2 Å². The van der Waals surface area contributed by atoms with Crippen LogP contribution in [0.15, 0.2) is 35.4 Å². The van der Waals surface area contributed by atoms with Gasteiger partial charge in [-0.2, -0.15) is 22.7 Å². The summed E-state index contributed by atoms with van der Waals surface area (Å²) in [5.41, 5.74) is 2.29. The Morgan fingerprint density at radius 3 is 2.03 bits per heavy atom. The molecule has 0 aliphatic carbocycles. The molecule has 0 bridgehead atoms. The highest BCUT2D eigenvalue weighted by Gasteiger charge is 2.17. The average molecular weight is 446 g/mol. The zero-order valence-corrected chi connectivity index (χ0v) is 16.5. The van der Waals surface area contributed by atoms with Crippen molar-refractivity contribution in [3.8, 4) is 28.7 Å². The third-order valence-corrected chi connectivity index (χ3v) is 3.72. The molecule has 1 N–H and O–H groups in total. The summed E-state index contributed by atoms with van der Waals surface area (Å²) in [5, 5.41) is 3.68. The molecule has 0 atom stereocenters. The van der Waals surface area contributed by atoms with Gasteiger partial charge in [0.15, 0.2) is 11.5 Å². The van der Waals surface area contributed by atoms with Crippen molar-refractivity contribution >= 4 is 12.1 Å². The van der Waals surface area contributed by atoms with Crippen molar-refractivity contribution < 1.29 is 46.0 Å². The molecule has 0 heterocycles. The zero-order valence-electron chi connectivity index (χ0n) is 16.5. The summed E-state index contributed by atoms with van der Waals surface area (Å²) in [4.78, 5) is 12.4. The van der Waals surface area contributed by atoms with Gasteiger partial charge in [-0.15, -0.1) is 0 Å². The van der Waals surface area contributed by atoms with E-state index in [2.05, 4.69) is 20.0 Å². The fraction of sp³-hybridized carbons (Fsp3) is 0.263. The van der Waals surface area contributed by atoms with E-state index in [1.165, 1.54) is 33.5 Å². The quantitative estimate of drug-likeness (QED) is 0.340. The van der Waals surface area contributed by atoms with E-state index in [0.717, 1.165) is 24.4 Å². The lowest BCUT2D eigenvalue weighted by molar-refractivity contribution is -0.0543. The number of benzene rings is 2. The number of halogens is 4. The number of rotatable bonds is 10. The first-order valence-electron chi connectivity index (χ1n) is 8.46. The highest BCUT2D eigenvalue weighted by Crippen LogP contribution is 2.38. The highest BCUT2D eigenvalue weighted by atomic mass is 19.3. The van der Waals surface area contributed by atoms with Crippen molar-refractivity contribution in [3.05, 3.63) is 41.5 Å². The number of hydrogen-bond acceptors (Lipinski definition) is 7. The molecule has 0 radical (unpaired) electrons. The molecule has 12 heteroatoms. The Morgan fingerprint density at radius 1 is 0.903 bits per heavy atom. The molecule has 0 saturated heterocycles. The molecule has 2 rings (SSSR count). The summed E-state index contributed by atoms with van der Waals surface area (Å²) in [7, 11) is 4.16. The number of alkyl halides is 4. The Labute approximate surface area is 174 Å². The summed E-state index contributed by atoms with van der Waals surface area (Å²) in [6.45, 7) is -6.36. The molecule has 0 aliphatic rings. The minimum atomic E-state index is -3.22. The van der Waals surface area contributed by atoms with E-state index in [1.54, 1.807) is 0 Å². The SMILES string of the molecule is COc1cc(C(=O)N/N=C/c2ccc(OC(F)F)cc2OC(F)F)cc(OC)c1OC. The zero-order chi connectivity index (χ0) is 23.0. The van der Waals surface area contributed by atoms with Gasteiger partial charge in [0.25, 0.3) is 5.91 Å². The second kappa shape index (κ2) is 10.9. The van der Waals surface area contributed by atoms with Gasteiger partial charge in [-0.25, -0.2) is 5.43 Å². The van der Waals surface area contributed by atoms with Crippen LogP contribution in [0.1, 0.15) is 15.9 Å². The fourth-order valence-corrected chi connectivity index (χ4v) is 2.43. The van der Waals surface area contributed by atoms with Crippen molar-refractivity contribution in [2.45, 2.75) is 13.2 Å². The van der Waals surface area contributed by atoms with Crippen LogP contribution >= 0.6 is 0 Å². The van der Waals surface area contributed by atoms with Gasteiger partial charge in [0.2, 0.25) is 5.75 Å². The van der Waals surface area contributed by atoms with Crippen LogP contribution in [0.5, 0.6) is 28.7 Å². The van der Waals surface area contributed by atoms with Crippen LogP contribution in [-0.2, 0) is 0 Å². The predicted octanol–water partition coefficient (Wildman–Crippen LogP) is 3.68. The molecule has 1 amide bonds. The lowest BCUT2D eigenvalue weighted by atomic mass is 10.1.